The number of nitrogens with one attached hydrogen (secondary N) is 1. The molecule has 0 aliphatic carbocycles. The maximum absolute atomic E-state index is 12.9. The first kappa shape index (κ1) is 12.9. The molecule has 1 atom stereocenters. The average molecular weight is 245 g/mol. The smallest absolute Gasteiger partial charge is 0.218 e. The maximum atomic E-state index is 12.9. The Balaban J connectivity index is 2.48. The summed E-state index contributed by atoms with van der Waals surface area (Å²) < 4.78 is 12.9. The van der Waals surface area contributed by atoms with E-state index in [2.05, 4.69) is 5.32 Å². The van der Waals surface area contributed by atoms with E-state index in [9.17, 15) is 9.18 Å². The number of nitrogens with two attached hydrogens (primary N) is 1. The fourth-order valence-corrected chi connectivity index (χ4v) is 1.52. The SMILES string of the molecule is CC(CC(N)=O)NCc1ccc(F)c(Cl)c1. The second-order valence-corrected chi connectivity index (χ2v) is 4.11. The molecule has 0 radical (unpaired) electrons. The first-order valence-electron chi connectivity index (χ1n) is 4.94. The van der Waals surface area contributed by atoms with Crippen LogP contribution in [0.25, 0.3) is 0 Å². The summed E-state index contributed by atoms with van der Waals surface area (Å²) >= 11 is 5.64. The summed E-state index contributed by atoms with van der Waals surface area (Å²) in [4.78, 5) is 10.6. The largest absolute Gasteiger partial charge is 0.370 e. The number of halogens is 2. The van der Waals surface area contributed by atoms with E-state index in [-0.39, 0.29) is 23.4 Å². The van der Waals surface area contributed by atoms with Crippen molar-refractivity contribution in [3.05, 3.63) is 34.6 Å². The predicted octanol–water partition coefficient (Wildman–Crippen LogP) is 1.83. The number of amides is 1. The topological polar surface area (TPSA) is 55.1 Å². The van der Waals surface area contributed by atoms with Crippen LogP contribution in [0.2, 0.25) is 5.02 Å². The highest BCUT2D eigenvalue weighted by atomic mass is 35.5. The van der Waals surface area contributed by atoms with Crippen LogP contribution in [0.3, 0.4) is 0 Å². The lowest BCUT2D eigenvalue weighted by Gasteiger charge is -2.11. The van der Waals surface area contributed by atoms with Crippen LogP contribution in [0, 0.1) is 5.82 Å². The number of rotatable bonds is 5. The van der Waals surface area contributed by atoms with Crippen LogP contribution in [-0.4, -0.2) is 11.9 Å². The standard InChI is InChI=1S/C11H14ClFN2O/c1-7(4-11(14)16)15-6-8-2-3-10(13)9(12)5-8/h2-3,5,7,15H,4,6H2,1H3,(H2,14,16). The van der Waals surface area contributed by atoms with E-state index in [1.807, 2.05) is 6.92 Å². The Kier molecular flexibility index (Phi) is 4.71. The molecule has 1 aromatic rings. The Morgan fingerprint density at radius 3 is 2.88 bits per heavy atom. The van der Waals surface area contributed by atoms with E-state index in [0.717, 1.165) is 5.56 Å². The lowest BCUT2D eigenvalue weighted by molar-refractivity contribution is -0.118. The first-order valence-corrected chi connectivity index (χ1v) is 5.32. The molecule has 0 aliphatic heterocycles. The minimum absolute atomic E-state index is 0.0127. The van der Waals surface area contributed by atoms with E-state index < -0.39 is 5.82 Å². The molecule has 0 bridgehead atoms. The average Bonchev–Trinajstić information content (AvgIpc) is 2.19. The molecule has 0 spiro atoms. The third kappa shape index (κ3) is 4.16. The van der Waals surface area contributed by atoms with E-state index >= 15 is 0 Å². The molecule has 3 nitrogen and oxygen atoms in total. The molecular formula is C11H14ClFN2O. The van der Waals surface area contributed by atoms with Crippen molar-refractivity contribution in [2.45, 2.75) is 25.9 Å². The molecular weight excluding hydrogens is 231 g/mol. The number of hydrogen-bond acceptors (Lipinski definition) is 2. The molecule has 3 N–H and O–H groups in total. The Bertz CT molecular complexity index is 384. The van der Waals surface area contributed by atoms with Gasteiger partial charge in [0.1, 0.15) is 5.82 Å². The normalized spacial score (nSPS) is 12.4. The van der Waals surface area contributed by atoms with E-state index in [1.165, 1.54) is 6.07 Å². The highest BCUT2D eigenvalue weighted by molar-refractivity contribution is 6.30. The molecule has 0 fully saturated rings. The van der Waals surface area contributed by atoms with Gasteiger partial charge in [0.2, 0.25) is 5.91 Å². The summed E-state index contributed by atoms with van der Waals surface area (Å²) in [5.74, 6) is -0.785. The zero-order valence-corrected chi connectivity index (χ0v) is 9.72. The highest BCUT2D eigenvalue weighted by Crippen LogP contribution is 2.15. The van der Waals surface area contributed by atoms with Gasteiger partial charge in [0.25, 0.3) is 0 Å². The fourth-order valence-electron chi connectivity index (χ4n) is 1.32. The molecule has 1 rings (SSSR count). The van der Waals surface area contributed by atoms with Crippen LogP contribution in [0.1, 0.15) is 18.9 Å². The number of carbonyl (C=O) groups excluding carboxylic acids is 1. The van der Waals surface area contributed by atoms with Gasteiger partial charge in [-0.25, -0.2) is 4.39 Å². The van der Waals surface area contributed by atoms with Crippen molar-refractivity contribution in [3.8, 4) is 0 Å². The zero-order chi connectivity index (χ0) is 12.1. The van der Waals surface area contributed by atoms with Crippen LogP contribution in [0.5, 0.6) is 0 Å². The third-order valence-corrected chi connectivity index (χ3v) is 2.44. The Hall–Kier alpha value is -1.13. The minimum atomic E-state index is -0.435. The number of hydrogen-bond donors (Lipinski definition) is 2. The van der Waals surface area contributed by atoms with Gasteiger partial charge in [-0.15, -0.1) is 0 Å². The summed E-state index contributed by atoms with van der Waals surface area (Å²) in [6.07, 6.45) is 0.273. The number of primary amides is 1. The second kappa shape index (κ2) is 5.82. The van der Waals surface area contributed by atoms with Crippen molar-refractivity contribution in [1.29, 1.82) is 0 Å². The van der Waals surface area contributed by atoms with Gasteiger partial charge in [0.05, 0.1) is 5.02 Å². The van der Waals surface area contributed by atoms with Crippen LogP contribution in [0.15, 0.2) is 18.2 Å². The summed E-state index contributed by atoms with van der Waals surface area (Å²) in [6, 6.07) is 4.51. The summed E-state index contributed by atoms with van der Waals surface area (Å²) in [5, 5.41) is 3.19. The number of benzene rings is 1. The van der Waals surface area contributed by atoms with Gasteiger partial charge >= 0.3 is 0 Å². The van der Waals surface area contributed by atoms with Crippen molar-refractivity contribution in [3.63, 3.8) is 0 Å². The minimum Gasteiger partial charge on any atom is -0.370 e. The molecule has 88 valence electrons. The van der Waals surface area contributed by atoms with Gasteiger partial charge in [-0.2, -0.15) is 0 Å². The van der Waals surface area contributed by atoms with Crippen LogP contribution in [-0.2, 0) is 11.3 Å². The first-order chi connectivity index (χ1) is 7.49. The van der Waals surface area contributed by atoms with Crippen LogP contribution in [0.4, 0.5) is 4.39 Å². The maximum Gasteiger partial charge on any atom is 0.218 e. The van der Waals surface area contributed by atoms with Gasteiger partial charge in [-0.1, -0.05) is 17.7 Å². The molecule has 0 aliphatic rings. The molecule has 0 saturated carbocycles. The lowest BCUT2D eigenvalue weighted by atomic mass is 10.2. The van der Waals surface area contributed by atoms with Gasteiger partial charge in [-0.05, 0) is 24.6 Å². The molecule has 0 aromatic heterocycles. The quantitative estimate of drug-likeness (QED) is 0.830. The third-order valence-electron chi connectivity index (χ3n) is 2.15. The molecule has 0 heterocycles. The molecule has 1 unspecified atom stereocenters. The van der Waals surface area contributed by atoms with E-state index in [4.69, 9.17) is 17.3 Å². The Labute approximate surface area is 98.8 Å². The van der Waals surface area contributed by atoms with Gasteiger partial charge < -0.3 is 11.1 Å². The fraction of sp³-hybridized carbons (Fsp3) is 0.364. The Morgan fingerprint density at radius 1 is 1.62 bits per heavy atom. The van der Waals surface area contributed by atoms with Crippen molar-refractivity contribution in [2.24, 2.45) is 5.73 Å². The molecule has 5 heteroatoms. The summed E-state index contributed by atoms with van der Waals surface area (Å²) in [6.45, 7) is 2.38. The molecule has 16 heavy (non-hydrogen) atoms. The van der Waals surface area contributed by atoms with Gasteiger partial charge in [0.15, 0.2) is 0 Å². The van der Waals surface area contributed by atoms with Crippen LogP contribution >= 0.6 is 11.6 Å². The lowest BCUT2D eigenvalue weighted by Crippen LogP contribution is -2.30. The Morgan fingerprint density at radius 2 is 2.31 bits per heavy atom. The van der Waals surface area contributed by atoms with E-state index in [0.29, 0.717) is 6.54 Å². The van der Waals surface area contributed by atoms with Crippen molar-refractivity contribution < 1.29 is 9.18 Å². The van der Waals surface area contributed by atoms with Crippen LogP contribution < -0.4 is 11.1 Å². The van der Waals surface area contributed by atoms with Gasteiger partial charge in [0, 0.05) is 19.0 Å². The number of carbonyl (C=O) groups is 1. The predicted molar refractivity (Wildman–Crippen MR) is 61.5 cm³/mol. The molecule has 1 amide bonds. The van der Waals surface area contributed by atoms with Gasteiger partial charge in [-0.3, -0.25) is 4.79 Å². The van der Waals surface area contributed by atoms with Crippen molar-refractivity contribution >= 4 is 17.5 Å². The summed E-state index contributed by atoms with van der Waals surface area (Å²) in [7, 11) is 0. The van der Waals surface area contributed by atoms with Crippen molar-refractivity contribution in [2.75, 3.05) is 0 Å². The second-order valence-electron chi connectivity index (χ2n) is 3.70. The monoisotopic (exact) mass is 244 g/mol. The zero-order valence-electron chi connectivity index (χ0n) is 8.97. The molecule has 1 aromatic carbocycles. The van der Waals surface area contributed by atoms with Crippen molar-refractivity contribution in [1.82, 2.24) is 5.32 Å². The van der Waals surface area contributed by atoms with E-state index in [1.54, 1.807) is 12.1 Å². The molecule has 0 saturated heterocycles. The highest BCUT2D eigenvalue weighted by Gasteiger charge is 2.06. The summed E-state index contributed by atoms with van der Waals surface area (Å²) in [5.41, 5.74) is 5.92.